The Bertz CT molecular complexity index is 1350. The Hall–Kier alpha value is -4.28. The molecule has 0 saturated heterocycles. The first-order valence-corrected chi connectivity index (χ1v) is 13.1. The monoisotopic (exact) mass is 546 g/mol. The summed E-state index contributed by atoms with van der Waals surface area (Å²) < 4.78 is 6.55. The molecule has 0 saturated carbocycles. The second-order valence-electron chi connectivity index (χ2n) is 10.2. The molecule has 4 rings (SSSR count). The first-order chi connectivity index (χ1) is 19.2. The molecule has 210 valence electrons. The maximum atomic E-state index is 13.7. The zero-order chi connectivity index (χ0) is 28.8. The number of amides is 2. The first kappa shape index (κ1) is 28.7. The van der Waals surface area contributed by atoms with Gasteiger partial charge in [-0.25, -0.2) is 4.79 Å². The third-order valence-electron chi connectivity index (χ3n) is 7.03. The van der Waals surface area contributed by atoms with Crippen molar-refractivity contribution >= 4 is 23.5 Å². The van der Waals surface area contributed by atoms with Gasteiger partial charge in [-0.05, 0) is 55.9 Å². The van der Waals surface area contributed by atoms with Crippen LogP contribution >= 0.6 is 0 Å². The average Bonchev–Trinajstić information content (AvgIpc) is 2.95. The highest BCUT2D eigenvalue weighted by Crippen LogP contribution is 2.35. The lowest BCUT2D eigenvalue weighted by Gasteiger charge is -2.38. The van der Waals surface area contributed by atoms with Crippen molar-refractivity contribution in [1.29, 1.82) is 0 Å². The number of carboxylic acids is 1. The lowest BCUT2D eigenvalue weighted by molar-refractivity contribution is 0.0343. The fraction of sp³-hybridized carbons (Fsp3) is 0.333. The Morgan fingerprint density at radius 3 is 2.48 bits per heavy atom. The van der Waals surface area contributed by atoms with Crippen LogP contribution in [0.5, 0.6) is 5.75 Å². The maximum absolute atomic E-state index is 13.7. The number of carboxylic acid groups (broad SMARTS) is 1. The van der Waals surface area contributed by atoms with Gasteiger partial charge in [-0.1, -0.05) is 25.1 Å². The number of rotatable bonds is 9. The average molecular weight is 547 g/mol. The van der Waals surface area contributed by atoms with E-state index in [4.69, 9.17) is 4.74 Å². The van der Waals surface area contributed by atoms with Gasteiger partial charge in [0, 0.05) is 43.5 Å². The summed E-state index contributed by atoms with van der Waals surface area (Å²) in [6, 6.07) is 14.6. The number of pyridine rings is 1. The number of carbonyl (C=O) groups excluding carboxylic acids is 2. The molecule has 0 radical (unpaired) electrons. The third kappa shape index (κ3) is 6.64. The standard InChI is InChI=1S/C30H34N4O6/c1-19-15-34(20(2)18-35)29(37)24-5-4-6-25(32-28(36)22-11-13-31-14-12-22)27(24)40-26(19)17-33(3)16-21-7-9-23(10-8-21)30(38)39/h4-14,19-20,26,35H,15-18H2,1-3H3,(H,32,36)(H,38,39)/t19-,20-,26+/m1/s1. The van der Waals surface area contributed by atoms with Crippen molar-refractivity contribution in [2.45, 2.75) is 32.5 Å². The number of anilines is 1. The van der Waals surface area contributed by atoms with Crippen LogP contribution in [-0.2, 0) is 6.54 Å². The molecule has 40 heavy (non-hydrogen) atoms. The number of benzene rings is 2. The summed E-state index contributed by atoms with van der Waals surface area (Å²) >= 11 is 0. The Labute approximate surface area is 233 Å². The van der Waals surface area contributed by atoms with Crippen molar-refractivity contribution in [1.82, 2.24) is 14.8 Å². The highest BCUT2D eigenvalue weighted by molar-refractivity contribution is 6.07. The predicted molar refractivity (Wildman–Crippen MR) is 150 cm³/mol. The molecule has 3 aromatic rings. The van der Waals surface area contributed by atoms with Gasteiger partial charge in [-0.2, -0.15) is 0 Å². The highest BCUT2D eigenvalue weighted by Gasteiger charge is 2.34. The van der Waals surface area contributed by atoms with Crippen LogP contribution in [-0.4, -0.2) is 81.7 Å². The smallest absolute Gasteiger partial charge is 0.335 e. The molecule has 3 N–H and O–H groups in total. The van der Waals surface area contributed by atoms with Gasteiger partial charge in [0.15, 0.2) is 5.75 Å². The summed E-state index contributed by atoms with van der Waals surface area (Å²) in [6.07, 6.45) is 2.69. The van der Waals surface area contributed by atoms with Gasteiger partial charge in [-0.3, -0.25) is 19.5 Å². The Morgan fingerprint density at radius 2 is 1.82 bits per heavy atom. The number of aliphatic hydroxyl groups excluding tert-OH is 1. The van der Waals surface area contributed by atoms with E-state index in [0.717, 1.165) is 5.56 Å². The van der Waals surface area contributed by atoms with E-state index in [1.807, 2.05) is 14.0 Å². The van der Waals surface area contributed by atoms with Crippen LogP contribution in [0, 0.1) is 5.92 Å². The summed E-state index contributed by atoms with van der Waals surface area (Å²) in [6.45, 7) is 5.01. The van der Waals surface area contributed by atoms with E-state index >= 15 is 0 Å². The molecule has 3 atom stereocenters. The van der Waals surface area contributed by atoms with Crippen molar-refractivity contribution in [2.24, 2.45) is 5.92 Å². The molecule has 0 bridgehead atoms. The van der Waals surface area contributed by atoms with Crippen molar-refractivity contribution in [3.05, 3.63) is 89.2 Å². The fourth-order valence-corrected chi connectivity index (χ4v) is 4.69. The number of likely N-dealkylation sites (N-methyl/N-ethyl adjacent to an activating group) is 1. The number of nitrogens with one attached hydrogen (secondary N) is 1. The summed E-state index contributed by atoms with van der Waals surface area (Å²) in [5.74, 6) is -1.46. The van der Waals surface area contributed by atoms with E-state index in [1.54, 1.807) is 66.4 Å². The van der Waals surface area contributed by atoms with Crippen LogP contribution in [0.15, 0.2) is 67.0 Å². The number of hydrogen-bond donors (Lipinski definition) is 3. The Balaban J connectivity index is 1.64. The summed E-state index contributed by atoms with van der Waals surface area (Å²) in [7, 11) is 1.94. The molecule has 0 aliphatic carbocycles. The summed E-state index contributed by atoms with van der Waals surface area (Å²) in [5, 5.41) is 22.0. The quantitative estimate of drug-likeness (QED) is 0.372. The minimum atomic E-state index is -0.974. The van der Waals surface area contributed by atoms with Crippen LogP contribution < -0.4 is 10.1 Å². The minimum Gasteiger partial charge on any atom is -0.486 e. The van der Waals surface area contributed by atoms with Crippen molar-refractivity contribution in [3.63, 3.8) is 0 Å². The zero-order valence-corrected chi connectivity index (χ0v) is 22.8. The van der Waals surface area contributed by atoms with E-state index in [1.165, 1.54) is 12.4 Å². The van der Waals surface area contributed by atoms with Crippen molar-refractivity contribution in [2.75, 3.05) is 32.1 Å². The Morgan fingerprint density at radius 1 is 1.12 bits per heavy atom. The molecule has 1 aliphatic heterocycles. The normalized spacial score (nSPS) is 17.8. The molecule has 0 fully saturated rings. The topological polar surface area (TPSA) is 132 Å². The number of nitrogens with zero attached hydrogens (tertiary/aromatic N) is 3. The molecule has 1 aliphatic rings. The van der Waals surface area contributed by atoms with Crippen molar-refractivity contribution < 1.29 is 29.3 Å². The van der Waals surface area contributed by atoms with Crippen LogP contribution in [0.2, 0.25) is 0 Å². The number of hydrogen-bond acceptors (Lipinski definition) is 7. The van der Waals surface area contributed by atoms with Gasteiger partial charge < -0.3 is 25.2 Å². The predicted octanol–water partition coefficient (Wildman–Crippen LogP) is 3.38. The van der Waals surface area contributed by atoms with E-state index in [9.17, 15) is 24.6 Å². The fourth-order valence-electron chi connectivity index (χ4n) is 4.69. The molecule has 2 amide bonds. The van der Waals surface area contributed by atoms with Crippen molar-refractivity contribution in [3.8, 4) is 5.75 Å². The lowest BCUT2D eigenvalue weighted by Crippen LogP contribution is -2.49. The molecular weight excluding hydrogens is 512 g/mol. The van der Waals surface area contributed by atoms with Crippen LogP contribution in [0.3, 0.4) is 0 Å². The summed E-state index contributed by atoms with van der Waals surface area (Å²) in [4.78, 5) is 45.5. The molecular formula is C30H34N4O6. The first-order valence-electron chi connectivity index (χ1n) is 13.1. The van der Waals surface area contributed by atoms with E-state index in [-0.39, 0.29) is 41.8 Å². The highest BCUT2D eigenvalue weighted by atomic mass is 16.5. The number of fused-ring (bicyclic) bond motifs is 1. The Kier molecular flexibility index (Phi) is 9.13. The summed E-state index contributed by atoms with van der Waals surface area (Å²) in [5.41, 5.74) is 2.26. The van der Waals surface area contributed by atoms with Gasteiger partial charge in [0.25, 0.3) is 11.8 Å². The second-order valence-corrected chi connectivity index (χ2v) is 10.2. The maximum Gasteiger partial charge on any atom is 0.335 e. The van der Waals surface area contributed by atoms with Gasteiger partial charge in [0.2, 0.25) is 0 Å². The number of para-hydroxylation sites is 1. The molecule has 2 heterocycles. The lowest BCUT2D eigenvalue weighted by atomic mass is 9.98. The van der Waals surface area contributed by atoms with E-state index in [2.05, 4.69) is 15.2 Å². The van der Waals surface area contributed by atoms with E-state index < -0.39 is 12.0 Å². The van der Waals surface area contributed by atoms with E-state index in [0.29, 0.717) is 36.4 Å². The SMILES string of the molecule is C[C@@H]1CN([C@H](C)CO)C(=O)c2cccc(NC(=O)c3ccncc3)c2O[C@H]1CN(C)Cc1ccc(C(=O)O)cc1. The van der Waals surface area contributed by atoms with Gasteiger partial charge >= 0.3 is 5.97 Å². The largest absolute Gasteiger partial charge is 0.486 e. The van der Waals surface area contributed by atoms with Crippen LogP contribution in [0.25, 0.3) is 0 Å². The molecule has 10 heteroatoms. The van der Waals surface area contributed by atoms with Gasteiger partial charge in [-0.15, -0.1) is 0 Å². The zero-order valence-electron chi connectivity index (χ0n) is 22.8. The molecule has 0 spiro atoms. The number of aromatic carboxylic acids is 1. The third-order valence-corrected chi connectivity index (χ3v) is 7.03. The van der Waals surface area contributed by atoms with Crippen LogP contribution in [0.1, 0.15) is 50.5 Å². The number of aromatic nitrogens is 1. The molecule has 2 aromatic carbocycles. The number of carbonyl (C=O) groups is 3. The van der Waals surface area contributed by atoms with Crippen LogP contribution in [0.4, 0.5) is 5.69 Å². The molecule has 10 nitrogen and oxygen atoms in total. The molecule has 1 aromatic heterocycles. The molecule has 0 unspecified atom stereocenters. The number of aliphatic hydroxyl groups is 1. The number of ether oxygens (including phenoxy) is 1. The second kappa shape index (κ2) is 12.7. The minimum absolute atomic E-state index is 0.119. The van der Waals surface area contributed by atoms with Gasteiger partial charge in [0.05, 0.1) is 29.5 Å². The van der Waals surface area contributed by atoms with Gasteiger partial charge in [0.1, 0.15) is 6.10 Å².